The second-order valence-corrected chi connectivity index (χ2v) is 7.38. The molecule has 1 aliphatic heterocycles. The Bertz CT molecular complexity index is 587. The van der Waals surface area contributed by atoms with Crippen molar-refractivity contribution in [2.24, 2.45) is 10.9 Å². The number of nitrogens with zero attached hydrogens (tertiary/aromatic N) is 3. The highest BCUT2D eigenvalue weighted by atomic mass is 127. The fraction of sp³-hybridized carbons (Fsp3) is 0.667. The summed E-state index contributed by atoms with van der Waals surface area (Å²) in [6, 6.07) is 8.74. The number of halogens is 1. The van der Waals surface area contributed by atoms with Crippen LogP contribution in [0.15, 0.2) is 29.3 Å². The summed E-state index contributed by atoms with van der Waals surface area (Å²) in [6.45, 7) is 9.73. The van der Waals surface area contributed by atoms with E-state index in [1.54, 1.807) is 0 Å². The zero-order valence-corrected chi connectivity index (χ0v) is 19.6. The topological polar surface area (TPSA) is 49.3 Å². The number of guanidine groups is 1. The Morgan fingerprint density at radius 3 is 2.61 bits per heavy atom. The van der Waals surface area contributed by atoms with E-state index in [0.717, 1.165) is 64.5 Å². The lowest BCUT2D eigenvalue weighted by atomic mass is 10.2. The van der Waals surface area contributed by atoms with Crippen molar-refractivity contribution in [2.45, 2.75) is 26.3 Å². The predicted molar refractivity (Wildman–Crippen MR) is 126 cm³/mol. The monoisotopic (exact) mass is 502 g/mol. The minimum atomic E-state index is 0. The van der Waals surface area contributed by atoms with E-state index >= 15 is 0 Å². The molecule has 0 atom stereocenters. The van der Waals surface area contributed by atoms with Gasteiger partial charge in [0.05, 0.1) is 26.4 Å². The van der Waals surface area contributed by atoms with Gasteiger partial charge in [-0.05, 0) is 43.4 Å². The van der Waals surface area contributed by atoms with Crippen molar-refractivity contribution in [3.8, 4) is 0 Å². The van der Waals surface area contributed by atoms with Gasteiger partial charge in [0.1, 0.15) is 0 Å². The van der Waals surface area contributed by atoms with Crippen molar-refractivity contribution in [3.63, 3.8) is 0 Å². The van der Waals surface area contributed by atoms with E-state index in [9.17, 15) is 0 Å². The number of aliphatic imine (C=N–C) groups is 1. The summed E-state index contributed by atoms with van der Waals surface area (Å²) in [7, 11) is 2.07. The summed E-state index contributed by atoms with van der Waals surface area (Å²) in [5, 5.41) is 3.38. The molecule has 1 aromatic rings. The Labute approximate surface area is 186 Å². The minimum absolute atomic E-state index is 0. The maximum atomic E-state index is 5.75. The molecule has 0 bridgehead atoms. The molecule has 28 heavy (non-hydrogen) atoms. The Morgan fingerprint density at radius 1 is 1.25 bits per heavy atom. The van der Waals surface area contributed by atoms with Gasteiger partial charge in [-0.2, -0.15) is 0 Å². The van der Waals surface area contributed by atoms with Crippen LogP contribution in [-0.2, 0) is 16.0 Å². The second kappa shape index (κ2) is 12.5. The maximum absolute atomic E-state index is 5.75. The molecule has 1 aliphatic carbocycles. The first kappa shape index (κ1) is 23.2. The van der Waals surface area contributed by atoms with Gasteiger partial charge in [0.25, 0.3) is 0 Å². The number of morpholine rings is 1. The highest BCUT2D eigenvalue weighted by molar-refractivity contribution is 14.0. The molecule has 1 saturated heterocycles. The first-order valence-electron chi connectivity index (χ1n) is 10.2. The Hall–Kier alpha value is -1.06. The molecule has 2 fully saturated rings. The van der Waals surface area contributed by atoms with Crippen molar-refractivity contribution in [1.29, 1.82) is 0 Å². The Balaban J connectivity index is 0.00000280. The van der Waals surface area contributed by atoms with Crippen LogP contribution < -0.4 is 10.2 Å². The zero-order chi connectivity index (χ0) is 18.9. The number of rotatable bonds is 9. The lowest BCUT2D eigenvalue weighted by molar-refractivity contribution is 0.115. The number of nitrogens with one attached hydrogen (secondary N) is 1. The minimum Gasteiger partial charge on any atom is -0.379 e. The van der Waals surface area contributed by atoms with Crippen molar-refractivity contribution in [2.75, 3.05) is 64.6 Å². The molecule has 0 spiro atoms. The number of hydrogen-bond donors (Lipinski definition) is 1. The van der Waals surface area contributed by atoms with Crippen molar-refractivity contribution >= 4 is 35.6 Å². The number of anilines is 1. The summed E-state index contributed by atoms with van der Waals surface area (Å²) < 4.78 is 11.2. The molecule has 6 nitrogen and oxygen atoms in total. The molecular weight excluding hydrogens is 467 g/mol. The molecule has 0 amide bonds. The normalized spacial score (nSPS) is 17.2. The van der Waals surface area contributed by atoms with Gasteiger partial charge < -0.3 is 24.6 Å². The third-order valence-corrected chi connectivity index (χ3v) is 5.04. The van der Waals surface area contributed by atoms with Crippen LogP contribution in [0.2, 0.25) is 0 Å². The van der Waals surface area contributed by atoms with E-state index in [1.807, 2.05) is 0 Å². The molecule has 0 aromatic heterocycles. The van der Waals surface area contributed by atoms with E-state index in [1.165, 1.54) is 24.1 Å². The maximum Gasteiger partial charge on any atom is 0.194 e. The lowest BCUT2D eigenvalue weighted by Crippen LogP contribution is -2.40. The van der Waals surface area contributed by atoms with Gasteiger partial charge >= 0.3 is 0 Å². The van der Waals surface area contributed by atoms with Gasteiger partial charge in [0.2, 0.25) is 0 Å². The van der Waals surface area contributed by atoms with E-state index < -0.39 is 0 Å². The van der Waals surface area contributed by atoms with Crippen LogP contribution in [0, 0.1) is 5.92 Å². The molecule has 158 valence electrons. The molecule has 2 aliphatic rings. The van der Waals surface area contributed by atoms with Crippen LogP contribution in [-0.4, -0.2) is 70.5 Å². The van der Waals surface area contributed by atoms with E-state index in [-0.39, 0.29) is 24.0 Å². The summed E-state index contributed by atoms with van der Waals surface area (Å²) in [4.78, 5) is 9.32. The van der Waals surface area contributed by atoms with Crippen LogP contribution in [0.1, 0.15) is 25.3 Å². The van der Waals surface area contributed by atoms with Gasteiger partial charge in [-0.15, -0.1) is 24.0 Å². The van der Waals surface area contributed by atoms with Gasteiger partial charge in [-0.3, -0.25) is 0 Å². The summed E-state index contributed by atoms with van der Waals surface area (Å²) in [5.41, 5.74) is 2.49. The molecule has 1 heterocycles. The molecule has 0 unspecified atom stereocenters. The fourth-order valence-corrected chi connectivity index (χ4v) is 3.11. The van der Waals surface area contributed by atoms with Crippen LogP contribution in [0.3, 0.4) is 0 Å². The Morgan fingerprint density at radius 2 is 1.96 bits per heavy atom. The first-order chi connectivity index (χ1) is 13.3. The third kappa shape index (κ3) is 7.75. The van der Waals surface area contributed by atoms with Gasteiger partial charge in [-0.1, -0.05) is 12.1 Å². The largest absolute Gasteiger partial charge is 0.379 e. The third-order valence-electron chi connectivity index (χ3n) is 5.04. The van der Waals surface area contributed by atoms with E-state index in [4.69, 9.17) is 14.5 Å². The number of benzene rings is 1. The second-order valence-electron chi connectivity index (χ2n) is 7.38. The van der Waals surface area contributed by atoms with Crippen molar-refractivity contribution < 1.29 is 9.47 Å². The van der Waals surface area contributed by atoms with Crippen LogP contribution in [0.25, 0.3) is 0 Å². The standard InChI is InChI=1S/C21H34N4O2.HI/c1-3-22-21(24(2)10-13-27-17-19-4-5-19)23-16-18-6-8-20(9-7-18)25-11-14-26-15-12-25;/h6-9,19H,3-5,10-17H2,1-2H3,(H,22,23);1H. The quantitative estimate of drug-likeness (QED) is 0.244. The molecule has 7 heteroatoms. The number of ether oxygens (including phenoxy) is 2. The van der Waals surface area contributed by atoms with Gasteiger partial charge in [0.15, 0.2) is 5.96 Å². The molecule has 1 saturated carbocycles. The summed E-state index contributed by atoms with van der Waals surface area (Å²) in [5.74, 6) is 1.75. The fourth-order valence-electron chi connectivity index (χ4n) is 3.11. The lowest BCUT2D eigenvalue weighted by Gasteiger charge is -2.28. The van der Waals surface area contributed by atoms with Crippen LogP contribution in [0.4, 0.5) is 5.69 Å². The first-order valence-corrected chi connectivity index (χ1v) is 10.2. The number of hydrogen-bond acceptors (Lipinski definition) is 4. The van der Waals surface area contributed by atoms with Gasteiger partial charge in [0, 0.05) is 45.5 Å². The van der Waals surface area contributed by atoms with Crippen LogP contribution >= 0.6 is 24.0 Å². The van der Waals surface area contributed by atoms with Crippen LogP contribution in [0.5, 0.6) is 0 Å². The average Bonchev–Trinajstić information content (AvgIpc) is 3.54. The molecule has 0 radical (unpaired) electrons. The highest BCUT2D eigenvalue weighted by Gasteiger charge is 2.21. The van der Waals surface area contributed by atoms with Gasteiger partial charge in [-0.25, -0.2) is 4.99 Å². The highest BCUT2D eigenvalue weighted by Crippen LogP contribution is 2.28. The van der Waals surface area contributed by atoms with E-state index in [0.29, 0.717) is 6.54 Å². The van der Waals surface area contributed by atoms with Crippen molar-refractivity contribution in [3.05, 3.63) is 29.8 Å². The molecular formula is C21H35IN4O2. The molecule has 1 N–H and O–H groups in total. The Kier molecular flexibility index (Phi) is 10.4. The summed E-state index contributed by atoms with van der Waals surface area (Å²) >= 11 is 0. The zero-order valence-electron chi connectivity index (χ0n) is 17.2. The average molecular weight is 502 g/mol. The predicted octanol–water partition coefficient (Wildman–Crippen LogP) is 2.97. The van der Waals surface area contributed by atoms with E-state index in [2.05, 4.69) is 53.4 Å². The SMILES string of the molecule is CCNC(=NCc1ccc(N2CCOCC2)cc1)N(C)CCOCC1CC1.I. The smallest absolute Gasteiger partial charge is 0.194 e. The number of likely N-dealkylation sites (N-methyl/N-ethyl adjacent to an activating group) is 1. The molecule has 3 rings (SSSR count). The molecule has 1 aromatic carbocycles. The summed E-state index contributed by atoms with van der Waals surface area (Å²) in [6.07, 6.45) is 2.68. The van der Waals surface area contributed by atoms with Crippen molar-refractivity contribution in [1.82, 2.24) is 10.2 Å².